The molecule has 126 valence electrons. The van der Waals surface area contributed by atoms with Crippen LogP contribution in [0.25, 0.3) is 0 Å². The SMILES string of the molecule is O=CC(CN1CCCCC1)N1CCN(C2CCNCC2)CC1. The molecule has 3 heterocycles. The molecule has 0 spiro atoms. The molecule has 1 N–H and O–H groups in total. The number of nitrogens with zero attached hydrogens (tertiary/aromatic N) is 3. The van der Waals surface area contributed by atoms with Gasteiger partial charge in [0.15, 0.2) is 0 Å². The van der Waals surface area contributed by atoms with Crippen molar-refractivity contribution in [3.8, 4) is 0 Å². The van der Waals surface area contributed by atoms with Gasteiger partial charge < -0.3 is 15.0 Å². The number of hydrogen-bond acceptors (Lipinski definition) is 5. The molecule has 3 rings (SSSR count). The first-order valence-corrected chi connectivity index (χ1v) is 9.23. The van der Waals surface area contributed by atoms with Gasteiger partial charge in [-0.15, -0.1) is 0 Å². The van der Waals surface area contributed by atoms with Crippen LogP contribution in [0.5, 0.6) is 0 Å². The van der Waals surface area contributed by atoms with Gasteiger partial charge in [-0.3, -0.25) is 9.80 Å². The van der Waals surface area contributed by atoms with Gasteiger partial charge in [-0.2, -0.15) is 0 Å². The molecule has 3 fully saturated rings. The van der Waals surface area contributed by atoms with Crippen LogP contribution in [-0.4, -0.2) is 92.0 Å². The Kier molecular flexibility index (Phi) is 6.24. The predicted molar refractivity (Wildman–Crippen MR) is 89.2 cm³/mol. The fourth-order valence-corrected chi connectivity index (χ4v) is 4.26. The van der Waals surface area contributed by atoms with E-state index in [1.54, 1.807) is 0 Å². The van der Waals surface area contributed by atoms with Crippen molar-refractivity contribution in [3.63, 3.8) is 0 Å². The van der Waals surface area contributed by atoms with Gasteiger partial charge in [-0.05, 0) is 51.9 Å². The number of piperidine rings is 2. The highest BCUT2D eigenvalue weighted by Crippen LogP contribution is 2.16. The zero-order valence-corrected chi connectivity index (χ0v) is 13.9. The number of piperazine rings is 1. The Morgan fingerprint density at radius 1 is 0.955 bits per heavy atom. The zero-order chi connectivity index (χ0) is 15.2. The van der Waals surface area contributed by atoms with Crippen LogP contribution in [0.4, 0.5) is 0 Å². The Bertz CT molecular complexity index is 332. The van der Waals surface area contributed by atoms with Gasteiger partial charge in [-0.25, -0.2) is 0 Å². The van der Waals surface area contributed by atoms with E-state index in [9.17, 15) is 4.79 Å². The third-order valence-corrected chi connectivity index (χ3v) is 5.69. The van der Waals surface area contributed by atoms with E-state index < -0.39 is 0 Å². The van der Waals surface area contributed by atoms with Gasteiger partial charge in [0.1, 0.15) is 6.29 Å². The molecule has 0 aromatic carbocycles. The molecular formula is C17H32N4O. The van der Waals surface area contributed by atoms with E-state index in [1.165, 1.54) is 51.5 Å². The summed E-state index contributed by atoms with van der Waals surface area (Å²) in [5, 5.41) is 3.45. The molecular weight excluding hydrogens is 276 g/mol. The molecule has 0 amide bonds. The van der Waals surface area contributed by atoms with Crippen LogP contribution >= 0.6 is 0 Å². The second-order valence-electron chi connectivity index (χ2n) is 7.12. The molecule has 0 saturated carbocycles. The summed E-state index contributed by atoms with van der Waals surface area (Å²) < 4.78 is 0. The molecule has 0 aliphatic carbocycles. The highest BCUT2D eigenvalue weighted by molar-refractivity contribution is 5.58. The highest BCUT2D eigenvalue weighted by Gasteiger charge is 2.29. The minimum Gasteiger partial charge on any atom is -0.317 e. The third kappa shape index (κ3) is 4.28. The minimum atomic E-state index is 0.105. The van der Waals surface area contributed by atoms with Gasteiger partial charge in [0, 0.05) is 38.8 Å². The Labute approximate surface area is 135 Å². The van der Waals surface area contributed by atoms with Crippen molar-refractivity contribution in [1.82, 2.24) is 20.0 Å². The van der Waals surface area contributed by atoms with Crippen molar-refractivity contribution < 1.29 is 4.79 Å². The molecule has 3 aliphatic heterocycles. The predicted octanol–water partition coefficient (Wildman–Crippen LogP) is 0.409. The quantitative estimate of drug-likeness (QED) is 0.745. The van der Waals surface area contributed by atoms with E-state index in [-0.39, 0.29) is 6.04 Å². The van der Waals surface area contributed by atoms with Gasteiger partial charge in [0.25, 0.3) is 0 Å². The lowest BCUT2D eigenvalue weighted by atomic mass is 10.0. The molecule has 0 aromatic heterocycles. The first kappa shape index (κ1) is 16.4. The average Bonchev–Trinajstić information content (AvgIpc) is 2.61. The van der Waals surface area contributed by atoms with Crippen LogP contribution < -0.4 is 5.32 Å². The minimum absolute atomic E-state index is 0.105. The number of carbonyl (C=O) groups is 1. The van der Waals surface area contributed by atoms with Gasteiger partial charge in [0.2, 0.25) is 0 Å². The molecule has 22 heavy (non-hydrogen) atoms. The fourth-order valence-electron chi connectivity index (χ4n) is 4.26. The summed E-state index contributed by atoms with van der Waals surface area (Å²) in [6.07, 6.45) is 7.71. The van der Waals surface area contributed by atoms with Crippen molar-refractivity contribution in [2.75, 3.05) is 58.9 Å². The largest absolute Gasteiger partial charge is 0.317 e. The van der Waals surface area contributed by atoms with E-state index in [0.717, 1.165) is 51.9 Å². The van der Waals surface area contributed by atoms with Gasteiger partial charge >= 0.3 is 0 Å². The molecule has 1 unspecified atom stereocenters. The van der Waals surface area contributed by atoms with Crippen molar-refractivity contribution in [2.45, 2.75) is 44.2 Å². The molecule has 1 atom stereocenters. The lowest BCUT2D eigenvalue weighted by molar-refractivity contribution is -0.114. The van der Waals surface area contributed by atoms with Crippen LogP contribution in [0.3, 0.4) is 0 Å². The standard InChI is InChI=1S/C17H32N4O/c22-15-17(14-19-8-2-1-3-9-19)21-12-10-20(11-13-21)16-4-6-18-7-5-16/h15-18H,1-14H2. The summed E-state index contributed by atoms with van der Waals surface area (Å²) in [4.78, 5) is 19.1. The third-order valence-electron chi connectivity index (χ3n) is 5.69. The van der Waals surface area contributed by atoms with E-state index in [2.05, 4.69) is 20.0 Å². The normalized spacial score (nSPS) is 28.5. The Hall–Kier alpha value is -0.490. The van der Waals surface area contributed by atoms with E-state index in [1.807, 2.05) is 0 Å². The summed E-state index contributed by atoms with van der Waals surface area (Å²) in [5.74, 6) is 0. The summed E-state index contributed by atoms with van der Waals surface area (Å²) in [6.45, 7) is 10.0. The highest BCUT2D eigenvalue weighted by atomic mass is 16.1. The van der Waals surface area contributed by atoms with Crippen molar-refractivity contribution in [3.05, 3.63) is 0 Å². The van der Waals surface area contributed by atoms with Crippen LogP contribution in [0.2, 0.25) is 0 Å². The lowest BCUT2D eigenvalue weighted by Crippen LogP contribution is -2.57. The maximum Gasteiger partial charge on any atom is 0.138 e. The number of likely N-dealkylation sites (tertiary alicyclic amines) is 1. The van der Waals surface area contributed by atoms with Crippen molar-refractivity contribution >= 4 is 6.29 Å². The monoisotopic (exact) mass is 308 g/mol. The van der Waals surface area contributed by atoms with E-state index in [0.29, 0.717) is 0 Å². The van der Waals surface area contributed by atoms with E-state index >= 15 is 0 Å². The first-order chi connectivity index (χ1) is 10.9. The molecule has 5 heteroatoms. The Morgan fingerprint density at radius 2 is 1.64 bits per heavy atom. The van der Waals surface area contributed by atoms with Gasteiger partial charge in [0.05, 0.1) is 6.04 Å². The van der Waals surface area contributed by atoms with E-state index in [4.69, 9.17) is 0 Å². The Balaban J connectivity index is 1.45. The van der Waals surface area contributed by atoms with Crippen LogP contribution in [-0.2, 0) is 4.79 Å². The summed E-state index contributed by atoms with van der Waals surface area (Å²) in [6, 6.07) is 0.869. The smallest absolute Gasteiger partial charge is 0.138 e. The summed E-state index contributed by atoms with van der Waals surface area (Å²) in [5.41, 5.74) is 0. The first-order valence-electron chi connectivity index (χ1n) is 9.23. The second kappa shape index (κ2) is 8.39. The topological polar surface area (TPSA) is 38.8 Å². The maximum absolute atomic E-state index is 11.6. The van der Waals surface area contributed by atoms with Crippen LogP contribution in [0.1, 0.15) is 32.1 Å². The summed E-state index contributed by atoms with van der Waals surface area (Å²) >= 11 is 0. The molecule has 0 aromatic rings. The molecule has 3 aliphatic rings. The number of carbonyl (C=O) groups excluding carboxylic acids is 1. The molecule has 5 nitrogen and oxygen atoms in total. The van der Waals surface area contributed by atoms with Crippen molar-refractivity contribution in [2.24, 2.45) is 0 Å². The lowest BCUT2D eigenvalue weighted by Gasteiger charge is -2.43. The zero-order valence-electron chi connectivity index (χ0n) is 13.9. The molecule has 0 bridgehead atoms. The number of hydrogen-bond donors (Lipinski definition) is 1. The number of aldehydes is 1. The number of rotatable bonds is 5. The van der Waals surface area contributed by atoms with Crippen molar-refractivity contribution in [1.29, 1.82) is 0 Å². The van der Waals surface area contributed by atoms with Crippen LogP contribution in [0, 0.1) is 0 Å². The average molecular weight is 308 g/mol. The maximum atomic E-state index is 11.6. The number of nitrogens with one attached hydrogen (secondary N) is 1. The van der Waals surface area contributed by atoms with Crippen LogP contribution in [0.15, 0.2) is 0 Å². The second-order valence-corrected chi connectivity index (χ2v) is 7.12. The molecule has 0 radical (unpaired) electrons. The fraction of sp³-hybridized carbons (Fsp3) is 0.941. The van der Waals surface area contributed by atoms with Gasteiger partial charge in [-0.1, -0.05) is 6.42 Å². The molecule has 3 saturated heterocycles. The Morgan fingerprint density at radius 3 is 2.27 bits per heavy atom. The summed E-state index contributed by atoms with van der Waals surface area (Å²) in [7, 11) is 0.